The molecule has 1 aliphatic rings. The molecule has 0 fully saturated rings. The fourth-order valence-electron chi connectivity index (χ4n) is 2.59. The molecule has 0 atom stereocenters. The van der Waals surface area contributed by atoms with Crippen LogP contribution < -0.4 is 0 Å². The summed E-state index contributed by atoms with van der Waals surface area (Å²) in [6, 6.07) is 6.33. The summed E-state index contributed by atoms with van der Waals surface area (Å²) in [5.74, 6) is -0.260. The number of nitrogens with zero attached hydrogens (tertiary/aromatic N) is 2. The lowest BCUT2D eigenvalue weighted by Gasteiger charge is -2.18. The van der Waals surface area contributed by atoms with Crippen LogP contribution in [-0.2, 0) is 12.3 Å². The minimum Gasteiger partial charge on any atom is -0.476 e. The van der Waals surface area contributed by atoms with Gasteiger partial charge in [-0.05, 0) is 25.5 Å². The molecule has 2 heterocycles. The number of rotatable bonds is 3. The molecule has 2 aromatic rings. The van der Waals surface area contributed by atoms with Crippen molar-refractivity contribution in [2.24, 2.45) is 0 Å². The zero-order chi connectivity index (χ0) is 14.3. The Morgan fingerprint density at radius 2 is 2.30 bits per heavy atom. The average molecular weight is 288 g/mol. The Kier molecular flexibility index (Phi) is 3.30. The molecule has 1 aliphatic heterocycles. The molecule has 0 radical (unpaired) electrons. The van der Waals surface area contributed by atoms with Crippen molar-refractivity contribution in [2.45, 2.75) is 37.5 Å². The Balaban J connectivity index is 2.26. The summed E-state index contributed by atoms with van der Waals surface area (Å²) in [5, 5.41) is 13.7. The van der Waals surface area contributed by atoms with Gasteiger partial charge < -0.3 is 5.11 Å². The Labute approximate surface area is 121 Å². The van der Waals surface area contributed by atoms with Crippen LogP contribution in [0.1, 0.15) is 35.0 Å². The Morgan fingerprint density at radius 3 is 3.00 bits per heavy atom. The number of carbonyl (C=O) groups is 1. The van der Waals surface area contributed by atoms with Crippen LogP contribution in [0, 0.1) is 6.92 Å². The summed E-state index contributed by atoms with van der Waals surface area (Å²) < 4.78 is 1.86. The smallest absolute Gasteiger partial charge is 0.356 e. The first-order valence-electron chi connectivity index (χ1n) is 6.68. The first-order valence-corrected chi connectivity index (χ1v) is 7.67. The maximum atomic E-state index is 11.4. The van der Waals surface area contributed by atoms with E-state index in [4.69, 9.17) is 0 Å². The van der Waals surface area contributed by atoms with Gasteiger partial charge in [-0.15, -0.1) is 11.8 Å². The second-order valence-corrected chi connectivity index (χ2v) is 6.01. The van der Waals surface area contributed by atoms with Crippen LogP contribution in [0.5, 0.6) is 0 Å². The van der Waals surface area contributed by atoms with Gasteiger partial charge in [0.2, 0.25) is 0 Å². The van der Waals surface area contributed by atoms with Gasteiger partial charge in [0.05, 0.1) is 5.69 Å². The van der Waals surface area contributed by atoms with Gasteiger partial charge in [-0.1, -0.05) is 18.6 Å². The van der Waals surface area contributed by atoms with Gasteiger partial charge in [0.1, 0.15) is 0 Å². The zero-order valence-electron chi connectivity index (χ0n) is 11.5. The van der Waals surface area contributed by atoms with E-state index < -0.39 is 5.97 Å². The normalized spacial score (nSPS) is 12.9. The van der Waals surface area contributed by atoms with Gasteiger partial charge in [0.25, 0.3) is 0 Å². The topological polar surface area (TPSA) is 55.1 Å². The standard InChI is InChI=1S/C15H16N2O2S/c1-3-6-17-14-10-7-9(2)4-5-12(10)20-8-11(14)13(16-17)15(18)19/h4-5,7H,3,6,8H2,1-2H3,(H,18,19). The predicted octanol–water partition coefficient (Wildman–Crippen LogP) is 3.57. The largest absolute Gasteiger partial charge is 0.476 e. The molecule has 5 heteroatoms. The zero-order valence-corrected chi connectivity index (χ0v) is 12.3. The van der Waals surface area contributed by atoms with Gasteiger partial charge in [-0.25, -0.2) is 4.79 Å². The summed E-state index contributed by atoms with van der Waals surface area (Å²) in [7, 11) is 0. The first-order chi connectivity index (χ1) is 9.61. The molecule has 20 heavy (non-hydrogen) atoms. The van der Waals surface area contributed by atoms with E-state index in [0.717, 1.165) is 29.8 Å². The van der Waals surface area contributed by atoms with Crippen molar-refractivity contribution in [2.75, 3.05) is 0 Å². The van der Waals surface area contributed by atoms with Gasteiger partial charge in [-0.3, -0.25) is 4.68 Å². The fraction of sp³-hybridized carbons (Fsp3) is 0.333. The van der Waals surface area contributed by atoms with E-state index >= 15 is 0 Å². The third-order valence-corrected chi connectivity index (χ3v) is 4.55. The van der Waals surface area contributed by atoms with Gasteiger partial charge in [0.15, 0.2) is 5.69 Å². The second-order valence-electron chi connectivity index (χ2n) is 4.99. The molecule has 1 aromatic carbocycles. The number of thioether (sulfide) groups is 1. The quantitative estimate of drug-likeness (QED) is 0.938. The Morgan fingerprint density at radius 1 is 1.50 bits per heavy atom. The third kappa shape index (κ3) is 2.02. The van der Waals surface area contributed by atoms with Crippen LogP contribution in [0.15, 0.2) is 23.1 Å². The minimum atomic E-state index is -0.937. The molecule has 1 aromatic heterocycles. The summed E-state index contributed by atoms with van der Waals surface area (Å²) in [5.41, 5.74) is 4.34. The molecule has 1 N–H and O–H groups in total. The molecule has 0 aliphatic carbocycles. The molecule has 0 saturated heterocycles. The van der Waals surface area contributed by atoms with Crippen molar-refractivity contribution in [1.29, 1.82) is 0 Å². The van der Waals surface area contributed by atoms with Crippen LogP contribution in [0.3, 0.4) is 0 Å². The summed E-state index contributed by atoms with van der Waals surface area (Å²) in [6.45, 7) is 4.87. The molecule has 0 amide bonds. The van der Waals surface area contributed by atoms with E-state index in [9.17, 15) is 9.90 Å². The minimum absolute atomic E-state index is 0.202. The van der Waals surface area contributed by atoms with Crippen molar-refractivity contribution in [1.82, 2.24) is 9.78 Å². The highest BCUT2D eigenvalue weighted by Gasteiger charge is 2.28. The SMILES string of the molecule is CCCn1nc(C(=O)O)c2c1-c1cc(C)ccc1SC2. The summed E-state index contributed by atoms with van der Waals surface area (Å²) >= 11 is 1.69. The maximum absolute atomic E-state index is 11.4. The van der Waals surface area contributed by atoms with Crippen molar-refractivity contribution >= 4 is 17.7 Å². The number of carboxylic acids is 1. The van der Waals surface area contributed by atoms with Crippen molar-refractivity contribution in [3.05, 3.63) is 35.0 Å². The lowest BCUT2D eigenvalue weighted by molar-refractivity contribution is 0.0688. The number of aromatic nitrogens is 2. The molecule has 3 rings (SSSR count). The van der Waals surface area contributed by atoms with Crippen LogP contribution in [0.2, 0.25) is 0 Å². The van der Waals surface area contributed by atoms with Gasteiger partial charge in [-0.2, -0.15) is 5.10 Å². The molecular formula is C15H16N2O2S. The predicted molar refractivity (Wildman–Crippen MR) is 79.2 cm³/mol. The second kappa shape index (κ2) is 4.98. The van der Waals surface area contributed by atoms with Crippen molar-refractivity contribution in [3.8, 4) is 11.3 Å². The lowest BCUT2D eigenvalue weighted by atomic mass is 10.0. The molecular weight excluding hydrogens is 272 g/mol. The number of aromatic carboxylic acids is 1. The van der Waals surface area contributed by atoms with Crippen LogP contribution in [-0.4, -0.2) is 20.9 Å². The van der Waals surface area contributed by atoms with Crippen molar-refractivity contribution in [3.63, 3.8) is 0 Å². The Hall–Kier alpha value is -1.75. The first kappa shape index (κ1) is 13.2. The van der Waals surface area contributed by atoms with E-state index in [-0.39, 0.29) is 5.69 Å². The molecule has 0 spiro atoms. The summed E-state index contributed by atoms with van der Waals surface area (Å²) in [4.78, 5) is 12.6. The Bertz CT molecular complexity index is 691. The fourth-order valence-corrected chi connectivity index (χ4v) is 3.64. The van der Waals surface area contributed by atoms with Gasteiger partial charge in [0, 0.05) is 28.3 Å². The number of hydrogen-bond acceptors (Lipinski definition) is 3. The number of carboxylic acid groups (broad SMARTS) is 1. The van der Waals surface area contributed by atoms with E-state index in [1.165, 1.54) is 10.5 Å². The highest BCUT2D eigenvalue weighted by Crippen LogP contribution is 2.43. The van der Waals surface area contributed by atoms with E-state index in [1.54, 1.807) is 11.8 Å². The number of aryl methyl sites for hydroxylation is 2. The van der Waals surface area contributed by atoms with Crippen LogP contribution >= 0.6 is 11.8 Å². The van der Waals surface area contributed by atoms with Crippen molar-refractivity contribution < 1.29 is 9.90 Å². The molecule has 0 unspecified atom stereocenters. The highest BCUT2D eigenvalue weighted by atomic mass is 32.2. The average Bonchev–Trinajstić information content (AvgIpc) is 2.78. The molecule has 0 saturated carbocycles. The van der Waals surface area contributed by atoms with E-state index in [0.29, 0.717) is 5.75 Å². The number of fused-ring (bicyclic) bond motifs is 3. The highest BCUT2D eigenvalue weighted by molar-refractivity contribution is 7.98. The summed E-state index contributed by atoms with van der Waals surface area (Å²) in [6.07, 6.45) is 0.932. The maximum Gasteiger partial charge on any atom is 0.356 e. The molecule has 104 valence electrons. The molecule has 0 bridgehead atoms. The monoisotopic (exact) mass is 288 g/mol. The third-order valence-electron chi connectivity index (χ3n) is 3.45. The molecule has 4 nitrogen and oxygen atoms in total. The number of hydrogen-bond donors (Lipinski definition) is 1. The van der Waals surface area contributed by atoms with Crippen LogP contribution in [0.25, 0.3) is 11.3 Å². The van der Waals surface area contributed by atoms with Crippen LogP contribution in [0.4, 0.5) is 0 Å². The number of benzene rings is 1. The lowest BCUT2D eigenvalue weighted by Crippen LogP contribution is -2.05. The van der Waals surface area contributed by atoms with E-state index in [2.05, 4.69) is 37.1 Å². The van der Waals surface area contributed by atoms with E-state index in [1.807, 2.05) is 4.68 Å². The van der Waals surface area contributed by atoms with Gasteiger partial charge >= 0.3 is 5.97 Å².